The van der Waals surface area contributed by atoms with E-state index in [-0.39, 0.29) is 5.91 Å². The highest BCUT2D eigenvalue weighted by molar-refractivity contribution is 5.93. The van der Waals surface area contributed by atoms with Crippen molar-refractivity contribution in [3.63, 3.8) is 0 Å². The van der Waals surface area contributed by atoms with Crippen molar-refractivity contribution >= 4 is 5.91 Å². The smallest absolute Gasteiger partial charge is 0.273 e. The van der Waals surface area contributed by atoms with E-state index in [9.17, 15) is 4.79 Å². The molecule has 7 heteroatoms. The summed E-state index contributed by atoms with van der Waals surface area (Å²) in [5.74, 6) is -0.176. The van der Waals surface area contributed by atoms with Gasteiger partial charge in [0.2, 0.25) is 0 Å². The van der Waals surface area contributed by atoms with Crippen molar-refractivity contribution in [3.05, 3.63) is 66.0 Å². The fourth-order valence-corrected chi connectivity index (χ4v) is 3.56. The molecule has 0 saturated carbocycles. The number of benzene rings is 2. The van der Waals surface area contributed by atoms with Crippen LogP contribution in [0.1, 0.15) is 16.2 Å². The van der Waals surface area contributed by atoms with Gasteiger partial charge in [-0.1, -0.05) is 47.7 Å². The zero-order chi connectivity index (χ0) is 20.1. The molecule has 1 aromatic heterocycles. The lowest BCUT2D eigenvalue weighted by molar-refractivity contribution is 0.0941. The summed E-state index contributed by atoms with van der Waals surface area (Å²) < 4.78 is 1.71. The summed E-state index contributed by atoms with van der Waals surface area (Å²) in [6.07, 6.45) is 0. The van der Waals surface area contributed by atoms with Gasteiger partial charge in [-0.3, -0.25) is 9.69 Å². The van der Waals surface area contributed by atoms with Crippen LogP contribution in [0.15, 0.2) is 54.6 Å². The summed E-state index contributed by atoms with van der Waals surface area (Å²) in [6, 6.07) is 18.3. The molecule has 29 heavy (non-hydrogen) atoms. The maximum atomic E-state index is 12.5. The van der Waals surface area contributed by atoms with Crippen LogP contribution in [0, 0.1) is 6.92 Å². The van der Waals surface area contributed by atoms with Crippen molar-refractivity contribution in [1.82, 2.24) is 30.5 Å². The monoisotopic (exact) mass is 390 g/mol. The van der Waals surface area contributed by atoms with E-state index in [1.165, 1.54) is 5.56 Å². The second-order valence-electron chi connectivity index (χ2n) is 7.20. The van der Waals surface area contributed by atoms with Gasteiger partial charge in [0.05, 0.1) is 11.4 Å². The SMILES string of the molecule is Cc1c(C(=O)NCCN2CCNCC2)nnn1-c1ccc(-c2ccccc2)cc1. The summed E-state index contributed by atoms with van der Waals surface area (Å²) in [7, 11) is 0. The van der Waals surface area contributed by atoms with E-state index in [2.05, 4.69) is 50.1 Å². The minimum atomic E-state index is -0.176. The maximum Gasteiger partial charge on any atom is 0.273 e. The lowest BCUT2D eigenvalue weighted by Gasteiger charge is -2.26. The van der Waals surface area contributed by atoms with Crippen LogP contribution in [-0.2, 0) is 0 Å². The number of nitrogens with one attached hydrogen (secondary N) is 2. The lowest BCUT2D eigenvalue weighted by atomic mass is 10.1. The molecule has 3 aromatic rings. The molecule has 0 atom stereocenters. The van der Waals surface area contributed by atoms with Crippen LogP contribution in [0.3, 0.4) is 0 Å². The first kappa shape index (κ1) is 19.3. The van der Waals surface area contributed by atoms with Crippen LogP contribution >= 0.6 is 0 Å². The van der Waals surface area contributed by atoms with Crippen LogP contribution in [0.4, 0.5) is 0 Å². The molecule has 2 heterocycles. The largest absolute Gasteiger partial charge is 0.349 e. The molecule has 0 spiro atoms. The molecule has 0 unspecified atom stereocenters. The van der Waals surface area contributed by atoms with Crippen molar-refractivity contribution in [2.45, 2.75) is 6.92 Å². The molecular weight excluding hydrogens is 364 g/mol. The van der Waals surface area contributed by atoms with E-state index in [4.69, 9.17) is 0 Å². The molecule has 150 valence electrons. The number of hydrogen-bond donors (Lipinski definition) is 2. The maximum absolute atomic E-state index is 12.5. The Hall–Kier alpha value is -3.03. The topological polar surface area (TPSA) is 75.1 Å². The van der Waals surface area contributed by atoms with Gasteiger partial charge in [-0.05, 0) is 30.2 Å². The van der Waals surface area contributed by atoms with E-state index in [1.54, 1.807) is 4.68 Å². The molecular formula is C22H26N6O. The highest BCUT2D eigenvalue weighted by Gasteiger charge is 2.17. The van der Waals surface area contributed by atoms with Gasteiger partial charge in [0, 0.05) is 39.3 Å². The zero-order valence-electron chi connectivity index (χ0n) is 16.6. The first-order valence-electron chi connectivity index (χ1n) is 10.0. The van der Waals surface area contributed by atoms with Gasteiger partial charge in [-0.25, -0.2) is 4.68 Å². The van der Waals surface area contributed by atoms with Crippen molar-refractivity contribution in [3.8, 4) is 16.8 Å². The number of carbonyl (C=O) groups is 1. The Bertz CT molecular complexity index is 945. The fourth-order valence-electron chi connectivity index (χ4n) is 3.56. The standard InChI is InChI=1S/C22H26N6O/c1-17-21(22(29)24-13-16-27-14-11-23-12-15-27)25-26-28(17)20-9-7-19(8-10-20)18-5-3-2-4-6-18/h2-10,23H,11-16H2,1H3,(H,24,29). The minimum absolute atomic E-state index is 0.176. The number of nitrogens with zero attached hydrogens (tertiary/aromatic N) is 4. The number of hydrogen-bond acceptors (Lipinski definition) is 5. The quantitative estimate of drug-likeness (QED) is 0.672. The van der Waals surface area contributed by atoms with Crippen LogP contribution in [0.2, 0.25) is 0 Å². The Kier molecular flexibility index (Phi) is 5.97. The van der Waals surface area contributed by atoms with Gasteiger partial charge in [0.25, 0.3) is 5.91 Å². The first-order valence-corrected chi connectivity index (χ1v) is 10.0. The summed E-state index contributed by atoms with van der Waals surface area (Å²) in [5, 5.41) is 14.6. The van der Waals surface area contributed by atoms with E-state index in [0.717, 1.165) is 49.7 Å². The third kappa shape index (κ3) is 4.52. The summed E-state index contributed by atoms with van der Waals surface area (Å²) in [6.45, 7) is 7.37. The highest BCUT2D eigenvalue weighted by Crippen LogP contribution is 2.21. The molecule has 7 nitrogen and oxygen atoms in total. The Labute approximate surface area is 170 Å². The average molecular weight is 390 g/mol. The van der Waals surface area contributed by atoms with E-state index < -0.39 is 0 Å². The number of rotatable bonds is 6. The number of amides is 1. The summed E-state index contributed by atoms with van der Waals surface area (Å²) in [4.78, 5) is 14.9. The molecule has 1 saturated heterocycles. The molecule has 0 bridgehead atoms. The predicted molar refractivity (Wildman–Crippen MR) is 113 cm³/mol. The molecule has 4 rings (SSSR count). The Morgan fingerprint density at radius 3 is 2.45 bits per heavy atom. The lowest BCUT2D eigenvalue weighted by Crippen LogP contribution is -2.46. The van der Waals surface area contributed by atoms with E-state index in [1.807, 2.05) is 37.3 Å². The predicted octanol–water partition coefficient (Wildman–Crippen LogP) is 1.88. The third-order valence-electron chi connectivity index (χ3n) is 5.25. The molecule has 1 aliphatic rings. The van der Waals surface area contributed by atoms with Crippen molar-refractivity contribution in [2.75, 3.05) is 39.3 Å². The van der Waals surface area contributed by atoms with Crippen LogP contribution in [0.25, 0.3) is 16.8 Å². The van der Waals surface area contributed by atoms with E-state index in [0.29, 0.717) is 12.2 Å². The molecule has 1 aliphatic heterocycles. The normalized spacial score (nSPS) is 14.7. The van der Waals surface area contributed by atoms with Crippen LogP contribution in [-0.4, -0.2) is 65.1 Å². The first-order chi connectivity index (χ1) is 14.2. The van der Waals surface area contributed by atoms with Gasteiger partial charge in [-0.2, -0.15) is 0 Å². The number of piperazine rings is 1. The average Bonchev–Trinajstić information content (AvgIpc) is 3.16. The molecule has 0 aliphatic carbocycles. The Morgan fingerprint density at radius 2 is 1.72 bits per heavy atom. The van der Waals surface area contributed by atoms with Crippen LogP contribution < -0.4 is 10.6 Å². The van der Waals surface area contributed by atoms with Gasteiger partial charge in [0.15, 0.2) is 5.69 Å². The Balaban J connectivity index is 1.40. The van der Waals surface area contributed by atoms with Crippen molar-refractivity contribution in [2.24, 2.45) is 0 Å². The number of aromatic nitrogens is 3. The minimum Gasteiger partial charge on any atom is -0.349 e. The van der Waals surface area contributed by atoms with Crippen molar-refractivity contribution in [1.29, 1.82) is 0 Å². The van der Waals surface area contributed by atoms with Gasteiger partial charge in [-0.15, -0.1) is 5.10 Å². The van der Waals surface area contributed by atoms with E-state index >= 15 is 0 Å². The molecule has 0 radical (unpaired) electrons. The number of carbonyl (C=O) groups excluding carboxylic acids is 1. The molecule has 2 N–H and O–H groups in total. The second-order valence-corrected chi connectivity index (χ2v) is 7.20. The van der Waals surface area contributed by atoms with Crippen LogP contribution in [0.5, 0.6) is 0 Å². The molecule has 1 fully saturated rings. The summed E-state index contributed by atoms with van der Waals surface area (Å²) in [5.41, 5.74) is 4.29. The third-order valence-corrected chi connectivity index (χ3v) is 5.25. The van der Waals surface area contributed by atoms with Gasteiger partial charge >= 0.3 is 0 Å². The van der Waals surface area contributed by atoms with Crippen molar-refractivity contribution < 1.29 is 4.79 Å². The molecule has 1 amide bonds. The zero-order valence-corrected chi connectivity index (χ0v) is 16.6. The van der Waals surface area contributed by atoms with Gasteiger partial charge < -0.3 is 10.6 Å². The fraction of sp³-hybridized carbons (Fsp3) is 0.318. The Morgan fingerprint density at radius 1 is 1.03 bits per heavy atom. The summed E-state index contributed by atoms with van der Waals surface area (Å²) >= 11 is 0. The second kappa shape index (κ2) is 8.98. The highest BCUT2D eigenvalue weighted by atomic mass is 16.2. The molecule has 2 aromatic carbocycles. The van der Waals surface area contributed by atoms with Gasteiger partial charge in [0.1, 0.15) is 0 Å².